The minimum absolute atomic E-state index is 0.0446. The van der Waals surface area contributed by atoms with Crippen LogP contribution in [0.4, 0.5) is 26.3 Å². The fourth-order valence-electron chi connectivity index (χ4n) is 5.29. The number of ether oxygens (including phenoxy) is 2. The van der Waals surface area contributed by atoms with Crippen molar-refractivity contribution in [2.45, 2.75) is 70.2 Å². The van der Waals surface area contributed by atoms with Gasteiger partial charge in [-0.05, 0) is 49.1 Å². The van der Waals surface area contributed by atoms with Crippen molar-refractivity contribution < 1.29 is 35.8 Å². The molecule has 8 heteroatoms. The molecular weight excluding hydrogens is 506 g/mol. The SMILES string of the molecule is CCCc1ccc(C2CCC(OCc3ccc(-c4ccc(C5CO5)c(F)c4F)c(F)c3F)CC2)c(F)c1F. The van der Waals surface area contributed by atoms with Gasteiger partial charge in [-0.15, -0.1) is 0 Å². The summed E-state index contributed by atoms with van der Waals surface area (Å²) in [6.07, 6.45) is 2.73. The maximum absolute atomic E-state index is 14.9. The van der Waals surface area contributed by atoms with Gasteiger partial charge < -0.3 is 9.47 Å². The summed E-state index contributed by atoms with van der Waals surface area (Å²) in [4.78, 5) is 0. The second-order valence-electron chi connectivity index (χ2n) is 10.0. The van der Waals surface area contributed by atoms with Gasteiger partial charge in [0.05, 0.1) is 19.3 Å². The third-order valence-electron chi connectivity index (χ3n) is 7.54. The molecule has 0 spiro atoms. The fourth-order valence-corrected chi connectivity index (χ4v) is 5.29. The molecule has 0 radical (unpaired) electrons. The van der Waals surface area contributed by atoms with E-state index in [9.17, 15) is 26.3 Å². The van der Waals surface area contributed by atoms with Gasteiger partial charge in [0.2, 0.25) is 0 Å². The molecule has 38 heavy (non-hydrogen) atoms. The van der Waals surface area contributed by atoms with Crippen molar-refractivity contribution in [1.82, 2.24) is 0 Å². The molecule has 3 aromatic carbocycles. The van der Waals surface area contributed by atoms with Gasteiger partial charge in [-0.2, -0.15) is 0 Å². The van der Waals surface area contributed by atoms with E-state index in [-0.39, 0.29) is 47.5 Å². The standard InChI is InChI=1S/C30H28F6O2/c1-2-3-17-6-10-20(27(33)25(17)31)16-4-8-19(9-5-16)37-14-18-7-11-21(28(34)26(18)32)22-12-13-23(24-15-38-24)30(36)29(22)35/h6-7,10-13,16,19,24H,2-5,8-9,14-15H2,1H3. The van der Waals surface area contributed by atoms with Gasteiger partial charge in [-0.3, -0.25) is 0 Å². The van der Waals surface area contributed by atoms with Crippen LogP contribution in [0.15, 0.2) is 36.4 Å². The average molecular weight is 535 g/mol. The highest BCUT2D eigenvalue weighted by molar-refractivity contribution is 5.66. The van der Waals surface area contributed by atoms with E-state index in [1.165, 1.54) is 24.3 Å². The van der Waals surface area contributed by atoms with Gasteiger partial charge in [-0.25, -0.2) is 26.3 Å². The Morgan fingerprint density at radius 3 is 1.89 bits per heavy atom. The summed E-state index contributed by atoms with van der Waals surface area (Å²) >= 11 is 0. The Labute approximate surface area is 217 Å². The lowest BCUT2D eigenvalue weighted by molar-refractivity contribution is 0.0116. The fraction of sp³-hybridized carbons (Fsp3) is 0.400. The normalized spacial score (nSPS) is 21.1. The Balaban J connectivity index is 1.22. The Bertz CT molecular complexity index is 1330. The van der Waals surface area contributed by atoms with Crippen LogP contribution in [0.25, 0.3) is 11.1 Å². The number of halogens is 6. The second-order valence-corrected chi connectivity index (χ2v) is 10.0. The number of aryl methyl sites for hydroxylation is 1. The lowest BCUT2D eigenvalue weighted by Gasteiger charge is -2.29. The summed E-state index contributed by atoms with van der Waals surface area (Å²) in [6.45, 7) is 1.99. The van der Waals surface area contributed by atoms with E-state index >= 15 is 0 Å². The molecule has 0 N–H and O–H groups in total. The van der Waals surface area contributed by atoms with E-state index < -0.39 is 41.0 Å². The summed E-state index contributed by atoms with van der Waals surface area (Å²) in [5.41, 5.74) is -0.00841. The van der Waals surface area contributed by atoms with Gasteiger partial charge in [0.1, 0.15) is 6.10 Å². The zero-order valence-electron chi connectivity index (χ0n) is 20.9. The first-order valence-electron chi connectivity index (χ1n) is 12.9. The maximum Gasteiger partial charge on any atom is 0.167 e. The monoisotopic (exact) mass is 534 g/mol. The molecule has 1 aliphatic heterocycles. The largest absolute Gasteiger partial charge is 0.373 e. The van der Waals surface area contributed by atoms with Gasteiger partial charge in [-0.1, -0.05) is 49.7 Å². The molecule has 202 valence electrons. The second kappa shape index (κ2) is 11.1. The first-order chi connectivity index (χ1) is 18.3. The Hall–Kier alpha value is -2.84. The van der Waals surface area contributed by atoms with E-state index in [1.807, 2.05) is 6.92 Å². The molecule has 3 aromatic rings. The van der Waals surface area contributed by atoms with Crippen LogP contribution in [-0.4, -0.2) is 12.7 Å². The molecule has 1 saturated carbocycles. The van der Waals surface area contributed by atoms with Crippen molar-refractivity contribution in [3.8, 4) is 11.1 Å². The Morgan fingerprint density at radius 1 is 0.684 bits per heavy atom. The zero-order valence-corrected chi connectivity index (χ0v) is 20.9. The van der Waals surface area contributed by atoms with Crippen molar-refractivity contribution in [2.75, 3.05) is 6.61 Å². The third kappa shape index (κ3) is 5.21. The Kier molecular flexibility index (Phi) is 7.82. The Morgan fingerprint density at radius 2 is 1.24 bits per heavy atom. The van der Waals surface area contributed by atoms with Crippen molar-refractivity contribution in [1.29, 1.82) is 0 Å². The molecule has 1 aliphatic carbocycles. The van der Waals surface area contributed by atoms with Gasteiger partial charge >= 0.3 is 0 Å². The summed E-state index contributed by atoms with van der Waals surface area (Å²) in [6, 6.07) is 8.35. The zero-order chi connectivity index (χ0) is 27.0. The number of epoxide rings is 1. The van der Waals surface area contributed by atoms with E-state index in [0.717, 1.165) is 6.42 Å². The van der Waals surface area contributed by atoms with E-state index in [0.29, 0.717) is 43.2 Å². The van der Waals surface area contributed by atoms with Gasteiger partial charge in [0.15, 0.2) is 34.9 Å². The van der Waals surface area contributed by atoms with Gasteiger partial charge in [0.25, 0.3) is 0 Å². The van der Waals surface area contributed by atoms with Crippen molar-refractivity contribution >= 4 is 0 Å². The molecule has 1 saturated heterocycles. The number of hydrogen-bond acceptors (Lipinski definition) is 2. The summed E-state index contributed by atoms with van der Waals surface area (Å²) in [5, 5.41) is 0. The highest BCUT2D eigenvalue weighted by Crippen LogP contribution is 2.38. The molecular formula is C30H28F6O2. The van der Waals surface area contributed by atoms with Crippen LogP contribution >= 0.6 is 0 Å². The van der Waals surface area contributed by atoms with E-state index in [1.54, 1.807) is 12.1 Å². The lowest BCUT2D eigenvalue weighted by atomic mass is 9.82. The van der Waals surface area contributed by atoms with Crippen LogP contribution in [-0.2, 0) is 22.5 Å². The molecule has 0 amide bonds. The average Bonchev–Trinajstić information content (AvgIpc) is 3.76. The lowest BCUT2D eigenvalue weighted by Crippen LogP contribution is -2.22. The molecule has 5 rings (SSSR count). The third-order valence-corrected chi connectivity index (χ3v) is 7.54. The molecule has 0 bridgehead atoms. The summed E-state index contributed by atoms with van der Waals surface area (Å²) < 4.78 is 98.5. The van der Waals surface area contributed by atoms with Crippen molar-refractivity contribution in [3.05, 3.63) is 93.6 Å². The predicted octanol–water partition coefficient (Wildman–Crippen LogP) is 8.46. The number of benzene rings is 3. The van der Waals surface area contributed by atoms with Crippen LogP contribution in [0.5, 0.6) is 0 Å². The maximum atomic E-state index is 14.9. The molecule has 2 nitrogen and oxygen atoms in total. The van der Waals surface area contributed by atoms with E-state index in [4.69, 9.17) is 9.47 Å². The molecule has 2 aliphatic rings. The molecule has 1 unspecified atom stereocenters. The predicted molar refractivity (Wildman–Crippen MR) is 131 cm³/mol. The van der Waals surface area contributed by atoms with Crippen LogP contribution in [0, 0.1) is 34.9 Å². The smallest absolute Gasteiger partial charge is 0.167 e. The van der Waals surface area contributed by atoms with Crippen LogP contribution in [0.1, 0.15) is 73.3 Å². The molecule has 0 aromatic heterocycles. The minimum Gasteiger partial charge on any atom is -0.373 e. The highest BCUT2D eigenvalue weighted by atomic mass is 19.2. The van der Waals surface area contributed by atoms with Crippen LogP contribution in [0.2, 0.25) is 0 Å². The van der Waals surface area contributed by atoms with E-state index in [2.05, 4.69) is 0 Å². The number of rotatable bonds is 8. The van der Waals surface area contributed by atoms with Crippen molar-refractivity contribution in [3.63, 3.8) is 0 Å². The quantitative estimate of drug-likeness (QED) is 0.214. The molecule has 2 fully saturated rings. The van der Waals surface area contributed by atoms with Crippen LogP contribution in [0.3, 0.4) is 0 Å². The summed E-state index contributed by atoms with van der Waals surface area (Å²) in [7, 11) is 0. The molecule has 1 atom stereocenters. The minimum atomic E-state index is -1.28. The highest BCUT2D eigenvalue weighted by Gasteiger charge is 2.31. The topological polar surface area (TPSA) is 21.8 Å². The van der Waals surface area contributed by atoms with Crippen LogP contribution < -0.4 is 0 Å². The van der Waals surface area contributed by atoms with Crippen molar-refractivity contribution in [2.24, 2.45) is 0 Å². The first-order valence-corrected chi connectivity index (χ1v) is 12.9. The summed E-state index contributed by atoms with van der Waals surface area (Å²) in [5.74, 6) is -6.56. The molecule has 1 heterocycles. The van der Waals surface area contributed by atoms with Gasteiger partial charge in [0, 0.05) is 22.3 Å². The first kappa shape index (κ1) is 26.8. The number of hydrogen-bond donors (Lipinski definition) is 0.